The fourth-order valence-electron chi connectivity index (χ4n) is 0.874. The van der Waals surface area contributed by atoms with E-state index in [1.807, 2.05) is 6.07 Å². The van der Waals surface area contributed by atoms with Crippen molar-refractivity contribution in [2.24, 2.45) is 0 Å². The third kappa shape index (κ3) is 1.17. The van der Waals surface area contributed by atoms with Crippen LogP contribution in [-0.2, 0) is 6.54 Å². The molecule has 0 saturated carbocycles. The first-order valence-corrected chi connectivity index (χ1v) is 3.33. The number of nitrogens with zero attached hydrogens (tertiary/aromatic N) is 3. The van der Waals surface area contributed by atoms with Crippen LogP contribution in [0.15, 0.2) is 0 Å². The number of anilines is 2. The molecule has 0 spiro atoms. The number of rotatable bonds is 2. The summed E-state index contributed by atoms with van der Waals surface area (Å²) in [5.41, 5.74) is 11.0. The molecule has 0 aliphatic heterocycles. The van der Waals surface area contributed by atoms with E-state index in [1.54, 1.807) is 0 Å². The van der Waals surface area contributed by atoms with Crippen LogP contribution in [0, 0.1) is 11.3 Å². The molecule has 0 amide bonds. The van der Waals surface area contributed by atoms with Crippen LogP contribution < -0.4 is 11.5 Å². The lowest BCUT2D eigenvalue weighted by Crippen LogP contribution is -2.07. The Morgan fingerprint density at radius 1 is 1.58 bits per heavy atom. The second kappa shape index (κ2) is 3.11. The van der Waals surface area contributed by atoms with Crippen LogP contribution in [0.4, 0.5) is 11.6 Å². The van der Waals surface area contributed by atoms with Gasteiger partial charge in [0.15, 0.2) is 5.82 Å². The molecule has 0 saturated heterocycles. The highest BCUT2D eigenvalue weighted by molar-refractivity contribution is 5.61. The zero-order valence-electron chi connectivity index (χ0n) is 6.36. The van der Waals surface area contributed by atoms with E-state index in [1.165, 1.54) is 4.68 Å². The first-order chi connectivity index (χ1) is 5.70. The van der Waals surface area contributed by atoms with Crippen molar-refractivity contribution in [2.45, 2.75) is 6.54 Å². The van der Waals surface area contributed by atoms with Gasteiger partial charge in [-0.15, -0.1) is 0 Å². The van der Waals surface area contributed by atoms with E-state index in [9.17, 15) is 0 Å². The van der Waals surface area contributed by atoms with Gasteiger partial charge in [-0.1, -0.05) is 0 Å². The summed E-state index contributed by atoms with van der Waals surface area (Å²) in [7, 11) is 0. The number of aliphatic hydroxyl groups excluding tert-OH is 1. The summed E-state index contributed by atoms with van der Waals surface area (Å²) < 4.78 is 1.30. The Kier molecular flexibility index (Phi) is 2.16. The summed E-state index contributed by atoms with van der Waals surface area (Å²) in [6, 6.07) is 1.83. The Labute approximate surface area is 69.0 Å². The summed E-state index contributed by atoms with van der Waals surface area (Å²) in [4.78, 5) is 0. The van der Waals surface area contributed by atoms with Gasteiger partial charge in [-0.2, -0.15) is 10.4 Å². The maximum absolute atomic E-state index is 8.58. The number of hydrogen-bond acceptors (Lipinski definition) is 5. The van der Waals surface area contributed by atoms with Gasteiger partial charge in [0.1, 0.15) is 17.5 Å². The average molecular weight is 167 g/mol. The molecule has 1 heterocycles. The van der Waals surface area contributed by atoms with E-state index < -0.39 is 0 Å². The van der Waals surface area contributed by atoms with E-state index in [-0.39, 0.29) is 30.4 Å². The summed E-state index contributed by atoms with van der Waals surface area (Å²) in [5, 5.41) is 20.9. The molecular formula is C6H9N5O. The Morgan fingerprint density at radius 2 is 2.25 bits per heavy atom. The lowest BCUT2D eigenvalue weighted by atomic mass is 10.3. The second-order valence-electron chi connectivity index (χ2n) is 2.20. The summed E-state index contributed by atoms with van der Waals surface area (Å²) >= 11 is 0. The SMILES string of the molecule is N#Cc1c(N)nn(CCO)c1N. The molecule has 1 rings (SSSR count). The van der Waals surface area contributed by atoms with Gasteiger partial charge in [0.25, 0.3) is 0 Å². The number of nitrogen functional groups attached to an aromatic ring is 2. The van der Waals surface area contributed by atoms with Crippen molar-refractivity contribution in [2.75, 3.05) is 18.1 Å². The molecule has 6 nitrogen and oxygen atoms in total. The minimum absolute atomic E-state index is 0.0871. The Balaban J connectivity index is 3.10. The van der Waals surface area contributed by atoms with Gasteiger partial charge in [-0.25, -0.2) is 4.68 Å². The van der Waals surface area contributed by atoms with Crippen molar-refractivity contribution in [3.63, 3.8) is 0 Å². The highest BCUT2D eigenvalue weighted by Gasteiger charge is 2.11. The largest absolute Gasteiger partial charge is 0.394 e. The third-order valence-electron chi connectivity index (χ3n) is 1.44. The van der Waals surface area contributed by atoms with Crippen LogP contribution in [0.3, 0.4) is 0 Å². The number of aliphatic hydroxyl groups is 1. The molecule has 12 heavy (non-hydrogen) atoms. The van der Waals surface area contributed by atoms with Gasteiger partial charge < -0.3 is 16.6 Å². The van der Waals surface area contributed by atoms with Gasteiger partial charge in [0, 0.05) is 0 Å². The van der Waals surface area contributed by atoms with E-state index in [0.29, 0.717) is 0 Å². The number of nitrogens with two attached hydrogens (primary N) is 2. The molecule has 0 aliphatic carbocycles. The lowest BCUT2D eigenvalue weighted by Gasteiger charge is -1.98. The van der Waals surface area contributed by atoms with E-state index in [4.69, 9.17) is 21.8 Å². The number of aromatic nitrogens is 2. The van der Waals surface area contributed by atoms with Crippen LogP contribution >= 0.6 is 0 Å². The zero-order chi connectivity index (χ0) is 9.14. The fraction of sp³-hybridized carbons (Fsp3) is 0.333. The predicted octanol–water partition coefficient (Wildman–Crippen LogP) is -1.09. The molecule has 0 aliphatic rings. The highest BCUT2D eigenvalue weighted by atomic mass is 16.3. The van der Waals surface area contributed by atoms with Crippen LogP contribution in [0.5, 0.6) is 0 Å². The molecule has 6 heteroatoms. The van der Waals surface area contributed by atoms with Gasteiger partial charge >= 0.3 is 0 Å². The van der Waals surface area contributed by atoms with Gasteiger partial charge in [-0.05, 0) is 0 Å². The standard InChI is InChI=1S/C6H9N5O/c7-3-4-5(8)10-11(1-2-12)6(4)9/h12H,1-2,9H2,(H2,8,10). The van der Waals surface area contributed by atoms with Crippen molar-refractivity contribution in [1.29, 1.82) is 5.26 Å². The van der Waals surface area contributed by atoms with Crippen molar-refractivity contribution < 1.29 is 5.11 Å². The second-order valence-corrected chi connectivity index (χ2v) is 2.20. The summed E-state index contributed by atoms with van der Waals surface area (Å²) in [6.45, 7) is 0.161. The molecule has 5 N–H and O–H groups in total. The molecule has 0 bridgehead atoms. The number of hydrogen-bond donors (Lipinski definition) is 3. The molecule has 0 unspecified atom stereocenters. The quantitative estimate of drug-likeness (QED) is 0.518. The normalized spacial score (nSPS) is 9.67. The minimum atomic E-state index is -0.0871. The smallest absolute Gasteiger partial charge is 0.165 e. The first kappa shape index (κ1) is 8.36. The Morgan fingerprint density at radius 3 is 2.67 bits per heavy atom. The molecule has 0 aromatic carbocycles. The molecule has 1 aromatic heterocycles. The van der Waals surface area contributed by atoms with Crippen molar-refractivity contribution in [1.82, 2.24) is 9.78 Å². The molecule has 64 valence electrons. The molecule has 1 aromatic rings. The minimum Gasteiger partial charge on any atom is -0.394 e. The average Bonchev–Trinajstić information content (AvgIpc) is 2.29. The van der Waals surface area contributed by atoms with Crippen molar-refractivity contribution in [3.8, 4) is 6.07 Å². The van der Waals surface area contributed by atoms with E-state index >= 15 is 0 Å². The van der Waals surface area contributed by atoms with Gasteiger partial charge in [0.05, 0.1) is 13.2 Å². The van der Waals surface area contributed by atoms with Crippen LogP contribution in [0.25, 0.3) is 0 Å². The fourth-order valence-corrected chi connectivity index (χ4v) is 0.874. The first-order valence-electron chi connectivity index (χ1n) is 3.33. The Hall–Kier alpha value is -1.74. The molecule has 0 fully saturated rings. The third-order valence-corrected chi connectivity index (χ3v) is 1.44. The van der Waals surface area contributed by atoms with Crippen molar-refractivity contribution in [3.05, 3.63) is 5.56 Å². The summed E-state index contributed by atoms with van der Waals surface area (Å²) in [5.74, 6) is 0.299. The van der Waals surface area contributed by atoms with Crippen LogP contribution in [0.1, 0.15) is 5.56 Å². The lowest BCUT2D eigenvalue weighted by molar-refractivity contribution is 0.270. The Bertz CT molecular complexity index is 323. The maximum atomic E-state index is 8.58. The maximum Gasteiger partial charge on any atom is 0.165 e. The van der Waals surface area contributed by atoms with Gasteiger partial charge in [-0.3, -0.25) is 0 Å². The number of nitriles is 1. The topological polar surface area (TPSA) is 114 Å². The van der Waals surface area contributed by atoms with E-state index in [0.717, 1.165) is 0 Å². The van der Waals surface area contributed by atoms with Crippen LogP contribution in [0.2, 0.25) is 0 Å². The predicted molar refractivity (Wildman–Crippen MR) is 42.9 cm³/mol. The van der Waals surface area contributed by atoms with Crippen LogP contribution in [-0.4, -0.2) is 21.5 Å². The molecule has 0 radical (unpaired) electrons. The zero-order valence-corrected chi connectivity index (χ0v) is 6.36. The molecular weight excluding hydrogens is 158 g/mol. The van der Waals surface area contributed by atoms with Gasteiger partial charge in [0.2, 0.25) is 0 Å². The van der Waals surface area contributed by atoms with E-state index in [2.05, 4.69) is 5.10 Å². The monoisotopic (exact) mass is 167 g/mol. The summed E-state index contributed by atoms with van der Waals surface area (Å²) in [6.07, 6.45) is 0. The highest BCUT2D eigenvalue weighted by Crippen LogP contribution is 2.16. The van der Waals surface area contributed by atoms with Crippen molar-refractivity contribution >= 4 is 11.6 Å². The molecule has 0 atom stereocenters.